The fraction of sp³-hybridized carbons (Fsp3) is 0.931. The maximum absolute atomic E-state index is 13.8. The maximum Gasteiger partial charge on any atom is 0.500 e. The number of carbonyl (C=O) groups excluding carboxylic acids is 2. The third-order valence-electron chi connectivity index (χ3n) is 6.71. The monoisotopic (exact) mass is 830 g/mol. The van der Waals surface area contributed by atoms with Crippen molar-refractivity contribution in [2.24, 2.45) is 5.41 Å². The summed E-state index contributed by atoms with van der Waals surface area (Å²) in [6, 6.07) is 0.490. The van der Waals surface area contributed by atoms with E-state index in [1.165, 1.54) is 0 Å². The molecule has 53 heavy (non-hydrogen) atoms. The number of nitrogens with one attached hydrogen (secondary N) is 2. The van der Waals surface area contributed by atoms with Gasteiger partial charge in [0.15, 0.2) is 0 Å². The molecule has 0 aromatic rings. The summed E-state index contributed by atoms with van der Waals surface area (Å²) in [6.07, 6.45) is -21.3. The fourth-order valence-electron chi connectivity index (χ4n) is 4.41. The molecule has 0 rings (SSSR count). The molecule has 0 atom stereocenters. The maximum atomic E-state index is 13.8. The molecule has 0 aromatic carbocycles. The van der Waals surface area contributed by atoms with Gasteiger partial charge in [-0.05, 0) is 54.4 Å². The van der Waals surface area contributed by atoms with Gasteiger partial charge in [0, 0.05) is 64.8 Å². The van der Waals surface area contributed by atoms with Crippen LogP contribution in [0.1, 0.15) is 54.4 Å². The molecule has 0 aliphatic carbocycles. The van der Waals surface area contributed by atoms with Crippen molar-refractivity contribution in [3.8, 4) is 0 Å². The molecule has 2 N–H and O–H groups in total. The third-order valence-corrected chi connectivity index (χ3v) is 13.0. The number of rotatable bonds is 32. The zero-order chi connectivity index (χ0) is 40.6. The van der Waals surface area contributed by atoms with Gasteiger partial charge in [-0.1, -0.05) is 0 Å². The highest BCUT2D eigenvalue weighted by atomic mass is 28.4. The minimum Gasteiger partial charge on any atom is -0.449 e. The standard InChI is InChI=1S/C29H54F8N2O12Si2/c1-7-46-52(47-8-2,48-9-3)17-13-15-38-25(40)42-19-27(21-44-28(34,35)23(30)31,22-45-29(36,37)24(32)33)20-43-26(41)39-16-14-18-53(49-10-4,50-11-5)51-12-6/h23-24H,7-22H2,1-6H3,(H,38,40)(H,39,41). The molecule has 0 bridgehead atoms. The van der Waals surface area contributed by atoms with Gasteiger partial charge in [-0.25, -0.2) is 27.2 Å². The van der Waals surface area contributed by atoms with Gasteiger partial charge < -0.3 is 56.1 Å². The molecule has 2 amide bonds. The molecule has 0 saturated heterocycles. The molecule has 0 aliphatic rings. The SMILES string of the molecule is CCO[Si](CCCNC(=O)OCC(COC(=O)NCCC[Si](OCC)(OCC)OCC)(COC(F)(F)C(F)F)COC(F)(F)C(F)F)(OCC)OCC. The summed E-state index contributed by atoms with van der Waals surface area (Å²) < 4.78 is 159. The van der Waals surface area contributed by atoms with Gasteiger partial charge in [-0.15, -0.1) is 0 Å². The fourth-order valence-corrected chi connectivity index (χ4v) is 9.63. The normalized spacial score (nSPS) is 13.1. The van der Waals surface area contributed by atoms with Crippen molar-refractivity contribution in [2.45, 2.75) is 91.5 Å². The van der Waals surface area contributed by atoms with Crippen molar-refractivity contribution in [1.29, 1.82) is 0 Å². The van der Waals surface area contributed by atoms with Crippen molar-refractivity contribution in [3.63, 3.8) is 0 Å². The molecule has 0 saturated carbocycles. The Morgan fingerprint density at radius 1 is 0.528 bits per heavy atom. The molecule has 0 aliphatic heterocycles. The van der Waals surface area contributed by atoms with Crippen LogP contribution in [0.2, 0.25) is 12.1 Å². The van der Waals surface area contributed by atoms with Crippen LogP contribution in [0.3, 0.4) is 0 Å². The summed E-state index contributed by atoms with van der Waals surface area (Å²) in [7, 11) is -6.22. The van der Waals surface area contributed by atoms with E-state index in [0.29, 0.717) is 0 Å². The Morgan fingerprint density at radius 3 is 1.06 bits per heavy atom. The average molecular weight is 831 g/mol. The third kappa shape index (κ3) is 20.0. The number of ether oxygens (including phenoxy) is 4. The van der Waals surface area contributed by atoms with Crippen molar-refractivity contribution >= 4 is 29.8 Å². The first kappa shape index (κ1) is 51.1. The number of halogens is 8. The van der Waals surface area contributed by atoms with Crippen LogP contribution in [-0.4, -0.2) is 134 Å². The second kappa shape index (κ2) is 26.0. The van der Waals surface area contributed by atoms with E-state index in [2.05, 4.69) is 20.1 Å². The minimum atomic E-state index is -5.18. The second-order valence-corrected chi connectivity index (χ2v) is 16.4. The van der Waals surface area contributed by atoms with Crippen molar-refractivity contribution in [3.05, 3.63) is 0 Å². The lowest BCUT2D eigenvalue weighted by atomic mass is 9.92. The highest BCUT2D eigenvalue weighted by Crippen LogP contribution is 2.32. The van der Waals surface area contributed by atoms with Crippen LogP contribution in [-0.2, 0) is 45.5 Å². The lowest BCUT2D eigenvalue weighted by Crippen LogP contribution is -2.49. The van der Waals surface area contributed by atoms with Crippen molar-refractivity contribution in [1.82, 2.24) is 10.6 Å². The quantitative estimate of drug-likeness (QED) is 0.0462. The van der Waals surface area contributed by atoms with Gasteiger partial charge >= 0.3 is 54.9 Å². The molecule has 14 nitrogen and oxygen atoms in total. The Labute approximate surface area is 306 Å². The number of hydrogen-bond acceptors (Lipinski definition) is 12. The molecule has 0 fully saturated rings. The summed E-state index contributed by atoms with van der Waals surface area (Å²) in [5.41, 5.74) is -2.65. The molecule has 316 valence electrons. The molecule has 0 unspecified atom stereocenters. The first-order valence-corrected chi connectivity index (χ1v) is 21.0. The lowest BCUT2D eigenvalue weighted by Gasteiger charge is -2.34. The Balaban J connectivity index is 5.92. The average Bonchev–Trinajstić information content (AvgIpc) is 3.08. The van der Waals surface area contributed by atoms with Gasteiger partial charge in [-0.3, -0.25) is 0 Å². The predicted molar refractivity (Wildman–Crippen MR) is 175 cm³/mol. The smallest absolute Gasteiger partial charge is 0.449 e. The van der Waals surface area contributed by atoms with Crippen molar-refractivity contribution in [2.75, 3.05) is 79.2 Å². The summed E-state index contributed by atoms with van der Waals surface area (Å²) in [6.45, 7) is 5.94. The van der Waals surface area contributed by atoms with Gasteiger partial charge in [-0.2, -0.15) is 17.6 Å². The highest BCUT2D eigenvalue weighted by Gasteiger charge is 2.49. The van der Waals surface area contributed by atoms with Crippen LogP contribution in [0.4, 0.5) is 44.7 Å². The molecule has 0 radical (unpaired) electrons. The number of amides is 2. The molecule has 0 spiro atoms. The van der Waals surface area contributed by atoms with E-state index in [1.54, 1.807) is 41.5 Å². The molecule has 0 aromatic heterocycles. The second-order valence-electron chi connectivity index (χ2n) is 11.0. The van der Waals surface area contributed by atoms with Crippen LogP contribution in [0.25, 0.3) is 0 Å². The van der Waals surface area contributed by atoms with Gasteiger partial charge in [0.1, 0.15) is 13.2 Å². The van der Waals surface area contributed by atoms with Crippen LogP contribution in [0.5, 0.6) is 0 Å². The Hall–Kier alpha value is -1.91. The Bertz CT molecular complexity index is 905. The molecule has 24 heteroatoms. The van der Waals surface area contributed by atoms with E-state index in [0.717, 1.165) is 0 Å². The van der Waals surface area contributed by atoms with Gasteiger partial charge in [0.25, 0.3) is 0 Å². The highest BCUT2D eigenvalue weighted by molar-refractivity contribution is 6.61. The van der Waals surface area contributed by atoms with Crippen LogP contribution < -0.4 is 10.6 Å². The molecule has 0 heterocycles. The predicted octanol–water partition coefficient (Wildman–Crippen LogP) is 6.05. The molecular formula is C29H54F8N2O12Si2. The number of hydrogen-bond donors (Lipinski definition) is 2. The van der Waals surface area contributed by atoms with Gasteiger partial charge in [0.2, 0.25) is 0 Å². The van der Waals surface area contributed by atoms with E-state index in [9.17, 15) is 44.7 Å². The number of alkyl halides is 8. The van der Waals surface area contributed by atoms with E-state index in [1.807, 2.05) is 0 Å². The van der Waals surface area contributed by atoms with E-state index in [4.69, 9.17) is 36.0 Å². The zero-order valence-corrected chi connectivity index (χ0v) is 32.9. The van der Waals surface area contributed by atoms with Gasteiger partial charge in [0.05, 0.1) is 18.6 Å². The van der Waals surface area contributed by atoms with E-state index < -0.39 is 86.7 Å². The van der Waals surface area contributed by atoms with Crippen LogP contribution in [0, 0.1) is 5.41 Å². The first-order chi connectivity index (χ1) is 24.9. The van der Waals surface area contributed by atoms with E-state index in [-0.39, 0.29) is 77.7 Å². The summed E-state index contributed by atoms with van der Waals surface area (Å²) >= 11 is 0. The Kier molecular flexibility index (Phi) is 25.1. The van der Waals surface area contributed by atoms with E-state index >= 15 is 0 Å². The van der Waals surface area contributed by atoms with Crippen LogP contribution in [0.15, 0.2) is 0 Å². The number of carbonyl (C=O) groups is 2. The lowest BCUT2D eigenvalue weighted by molar-refractivity contribution is -0.333. The topological polar surface area (TPSA) is 150 Å². The zero-order valence-electron chi connectivity index (χ0n) is 30.9. The summed E-state index contributed by atoms with van der Waals surface area (Å²) in [4.78, 5) is 25.1. The Morgan fingerprint density at radius 2 is 0.811 bits per heavy atom. The van der Waals surface area contributed by atoms with Crippen LogP contribution >= 0.6 is 0 Å². The summed E-state index contributed by atoms with van der Waals surface area (Å²) in [5, 5.41) is 4.61. The first-order valence-electron chi connectivity index (χ1n) is 17.1. The molecular weight excluding hydrogens is 776 g/mol. The number of alkyl carbamates (subject to hydrolysis) is 2. The summed E-state index contributed by atoms with van der Waals surface area (Å²) in [5.74, 6) is 0. The van der Waals surface area contributed by atoms with Crippen molar-refractivity contribution < 1.29 is 90.2 Å². The minimum absolute atomic E-state index is 0.105. The largest absolute Gasteiger partial charge is 0.500 e.